The van der Waals surface area contributed by atoms with Gasteiger partial charge in [0.05, 0.1) is 12.0 Å². The molecule has 152 valence electrons. The number of carbonyl (C=O) groups excluding carboxylic acids is 2. The van der Waals surface area contributed by atoms with Crippen LogP contribution in [0.2, 0.25) is 0 Å². The van der Waals surface area contributed by atoms with E-state index in [0.29, 0.717) is 23.8 Å². The molecule has 1 unspecified atom stereocenters. The molecule has 0 saturated heterocycles. The van der Waals surface area contributed by atoms with Crippen LogP contribution in [0.4, 0.5) is 5.69 Å². The van der Waals surface area contributed by atoms with E-state index < -0.39 is 6.17 Å². The summed E-state index contributed by atoms with van der Waals surface area (Å²) < 4.78 is 5.56. The Bertz CT molecular complexity index is 898. The lowest BCUT2D eigenvalue weighted by Gasteiger charge is -2.22. The summed E-state index contributed by atoms with van der Waals surface area (Å²) in [4.78, 5) is 31.8. The van der Waals surface area contributed by atoms with Gasteiger partial charge in [-0.15, -0.1) is 0 Å². The molecule has 1 aliphatic heterocycles. The SMILES string of the molecule is CN1C(=O)C(NC(=O)CCC2CCCCC2)N=C(c2ccco2)c2ccccc21. The van der Waals surface area contributed by atoms with Crippen molar-refractivity contribution in [2.24, 2.45) is 10.9 Å². The number of para-hydroxylation sites is 1. The van der Waals surface area contributed by atoms with Crippen LogP contribution in [0.15, 0.2) is 52.1 Å². The molecule has 1 aromatic carbocycles. The molecular weight excluding hydrogens is 366 g/mol. The quantitative estimate of drug-likeness (QED) is 0.837. The zero-order chi connectivity index (χ0) is 20.2. The van der Waals surface area contributed by atoms with E-state index in [1.165, 1.54) is 32.1 Å². The van der Waals surface area contributed by atoms with Crippen molar-refractivity contribution in [3.8, 4) is 0 Å². The van der Waals surface area contributed by atoms with Gasteiger partial charge in [0.15, 0.2) is 5.76 Å². The predicted octanol–water partition coefficient (Wildman–Crippen LogP) is 3.90. The van der Waals surface area contributed by atoms with Crippen molar-refractivity contribution in [3.05, 3.63) is 54.0 Å². The van der Waals surface area contributed by atoms with Gasteiger partial charge in [-0.05, 0) is 30.5 Å². The van der Waals surface area contributed by atoms with E-state index in [4.69, 9.17) is 4.42 Å². The van der Waals surface area contributed by atoms with Crippen molar-refractivity contribution < 1.29 is 14.0 Å². The molecule has 4 rings (SSSR count). The minimum Gasteiger partial charge on any atom is -0.463 e. The molecule has 6 nitrogen and oxygen atoms in total. The molecule has 2 aromatic rings. The first-order valence-corrected chi connectivity index (χ1v) is 10.4. The lowest BCUT2D eigenvalue weighted by atomic mass is 9.86. The van der Waals surface area contributed by atoms with Crippen LogP contribution in [0.1, 0.15) is 56.3 Å². The summed E-state index contributed by atoms with van der Waals surface area (Å²) >= 11 is 0. The molecule has 29 heavy (non-hydrogen) atoms. The summed E-state index contributed by atoms with van der Waals surface area (Å²) in [6, 6.07) is 11.2. The summed E-state index contributed by atoms with van der Waals surface area (Å²) in [5, 5.41) is 2.85. The molecule has 1 aromatic heterocycles. The Hall–Kier alpha value is -2.89. The number of aliphatic imine (C=N–C) groups is 1. The third-order valence-corrected chi connectivity index (χ3v) is 5.90. The fourth-order valence-corrected chi connectivity index (χ4v) is 4.26. The number of anilines is 1. The average Bonchev–Trinajstić information content (AvgIpc) is 3.26. The Balaban J connectivity index is 1.55. The first-order valence-electron chi connectivity index (χ1n) is 10.4. The first kappa shape index (κ1) is 19.4. The van der Waals surface area contributed by atoms with Crippen LogP contribution < -0.4 is 10.2 Å². The van der Waals surface area contributed by atoms with Crippen LogP contribution in [0.5, 0.6) is 0 Å². The summed E-state index contributed by atoms with van der Waals surface area (Å²) in [6.07, 6.45) is 8.13. The minimum absolute atomic E-state index is 0.129. The molecule has 1 atom stereocenters. The van der Waals surface area contributed by atoms with Crippen LogP contribution in [-0.4, -0.2) is 30.7 Å². The van der Waals surface area contributed by atoms with Crippen molar-refractivity contribution >= 4 is 23.2 Å². The highest BCUT2D eigenvalue weighted by atomic mass is 16.3. The van der Waals surface area contributed by atoms with Gasteiger partial charge in [-0.1, -0.05) is 50.3 Å². The van der Waals surface area contributed by atoms with E-state index in [1.807, 2.05) is 30.3 Å². The number of furan rings is 1. The molecule has 0 spiro atoms. The molecule has 2 aliphatic rings. The number of nitrogens with one attached hydrogen (secondary N) is 1. The first-order chi connectivity index (χ1) is 14.1. The predicted molar refractivity (Wildman–Crippen MR) is 112 cm³/mol. The van der Waals surface area contributed by atoms with Crippen LogP contribution in [0, 0.1) is 5.92 Å². The minimum atomic E-state index is -0.966. The third-order valence-electron chi connectivity index (χ3n) is 5.90. The Labute approximate surface area is 171 Å². The standard InChI is InChI=1S/C23H27N3O3/c1-26-18-11-6-5-10-17(18)21(19-12-7-15-29-19)25-22(23(26)28)24-20(27)14-13-16-8-3-2-4-9-16/h5-7,10-12,15-16,22H,2-4,8-9,13-14H2,1H3,(H,24,27). The number of benzodiazepines with no additional fused rings is 1. The number of hydrogen-bond donors (Lipinski definition) is 1. The number of likely N-dealkylation sites (N-methyl/N-ethyl adjacent to an activating group) is 1. The molecule has 2 heterocycles. The van der Waals surface area contributed by atoms with Gasteiger partial charge in [-0.2, -0.15) is 0 Å². The third kappa shape index (κ3) is 4.26. The summed E-state index contributed by atoms with van der Waals surface area (Å²) in [5.41, 5.74) is 2.12. The molecule has 0 bridgehead atoms. The van der Waals surface area contributed by atoms with Gasteiger partial charge < -0.3 is 14.6 Å². The van der Waals surface area contributed by atoms with Gasteiger partial charge in [0, 0.05) is 19.0 Å². The van der Waals surface area contributed by atoms with Crippen molar-refractivity contribution in [3.63, 3.8) is 0 Å². The maximum Gasteiger partial charge on any atom is 0.272 e. The average molecular weight is 393 g/mol. The molecule has 1 fully saturated rings. The number of hydrogen-bond acceptors (Lipinski definition) is 4. The van der Waals surface area contributed by atoms with Gasteiger partial charge in [0.2, 0.25) is 12.1 Å². The fourth-order valence-electron chi connectivity index (χ4n) is 4.26. The second-order valence-corrected chi connectivity index (χ2v) is 7.88. The smallest absolute Gasteiger partial charge is 0.272 e. The molecule has 6 heteroatoms. The highest BCUT2D eigenvalue weighted by Crippen LogP contribution is 2.28. The molecule has 0 radical (unpaired) electrons. The van der Waals surface area contributed by atoms with Gasteiger partial charge in [-0.25, -0.2) is 4.99 Å². The van der Waals surface area contributed by atoms with Crippen molar-refractivity contribution in [1.82, 2.24) is 5.32 Å². The molecule has 1 aliphatic carbocycles. The highest BCUT2D eigenvalue weighted by molar-refractivity contribution is 6.19. The molecule has 1 saturated carbocycles. The van der Waals surface area contributed by atoms with Gasteiger partial charge in [0.1, 0.15) is 5.71 Å². The fraction of sp³-hybridized carbons (Fsp3) is 0.435. The number of fused-ring (bicyclic) bond motifs is 1. The van der Waals surface area contributed by atoms with E-state index in [2.05, 4.69) is 10.3 Å². The monoisotopic (exact) mass is 393 g/mol. The van der Waals surface area contributed by atoms with Gasteiger partial charge >= 0.3 is 0 Å². The highest BCUT2D eigenvalue weighted by Gasteiger charge is 2.31. The second kappa shape index (κ2) is 8.64. The topological polar surface area (TPSA) is 74.9 Å². The van der Waals surface area contributed by atoms with Gasteiger partial charge in [-0.3, -0.25) is 9.59 Å². The molecular formula is C23H27N3O3. The van der Waals surface area contributed by atoms with E-state index in [9.17, 15) is 9.59 Å². The lowest BCUT2D eigenvalue weighted by molar-refractivity contribution is -0.127. The molecule has 1 N–H and O–H groups in total. The van der Waals surface area contributed by atoms with E-state index >= 15 is 0 Å². The van der Waals surface area contributed by atoms with Crippen molar-refractivity contribution in [2.45, 2.75) is 51.1 Å². The Morgan fingerprint density at radius 2 is 1.97 bits per heavy atom. The summed E-state index contributed by atoms with van der Waals surface area (Å²) in [7, 11) is 1.71. The lowest BCUT2D eigenvalue weighted by Crippen LogP contribution is -2.46. The zero-order valence-corrected chi connectivity index (χ0v) is 16.8. The summed E-state index contributed by atoms with van der Waals surface area (Å²) in [6.45, 7) is 0. The number of benzene rings is 1. The van der Waals surface area contributed by atoms with Crippen molar-refractivity contribution in [1.29, 1.82) is 0 Å². The van der Waals surface area contributed by atoms with Crippen LogP contribution in [0.25, 0.3) is 0 Å². The Morgan fingerprint density at radius 1 is 1.17 bits per heavy atom. The normalized spacial score (nSPS) is 20.0. The largest absolute Gasteiger partial charge is 0.463 e. The number of nitrogens with zero attached hydrogens (tertiary/aromatic N) is 2. The number of amides is 2. The van der Waals surface area contributed by atoms with Crippen LogP contribution in [-0.2, 0) is 9.59 Å². The van der Waals surface area contributed by atoms with E-state index in [0.717, 1.165) is 17.7 Å². The van der Waals surface area contributed by atoms with Gasteiger partial charge in [0.25, 0.3) is 5.91 Å². The van der Waals surface area contributed by atoms with E-state index in [1.54, 1.807) is 24.3 Å². The van der Waals surface area contributed by atoms with Crippen LogP contribution in [0.3, 0.4) is 0 Å². The van der Waals surface area contributed by atoms with Crippen LogP contribution >= 0.6 is 0 Å². The number of rotatable bonds is 5. The second-order valence-electron chi connectivity index (χ2n) is 7.88. The molecule has 2 amide bonds. The number of carbonyl (C=O) groups is 2. The Morgan fingerprint density at radius 3 is 2.72 bits per heavy atom. The maximum absolute atomic E-state index is 13.0. The van der Waals surface area contributed by atoms with Crippen molar-refractivity contribution in [2.75, 3.05) is 11.9 Å². The summed E-state index contributed by atoms with van der Waals surface area (Å²) in [5.74, 6) is 0.802. The van der Waals surface area contributed by atoms with E-state index in [-0.39, 0.29) is 11.8 Å². The zero-order valence-electron chi connectivity index (χ0n) is 16.8. The Kier molecular flexibility index (Phi) is 5.79. The maximum atomic E-state index is 13.0.